The summed E-state index contributed by atoms with van der Waals surface area (Å²) in [6.07, 6.45) is 0. The highest BCUT2D eigenvalue weighted by Crippen LogP contribution is 2.18. The van der Waals surface area contributed by atoms with E-state index in [1.165, 1.54) is 0 Å². The van der Waals surface area contributed by atoms with E-state index >= 15 is 0 Å². The molecule has 18 heavy (non-hydrogen) atoms. The van der Waals surface area contributed by atoms with Crippen molar-refractivity contribution in [3.63, 3.8) is 0 Å². The van der Waals surface area contributed by atoms with Crippen molar-refractivity contribution < 1.29 is 24.2 Å². The van der Waals surface area contributed by atoms with Gasteiger partial charge in [0.15, 0.2) is 6.61 Å². The van der Waals surface area contributed by atoms with Crippen LogP contribution in [0, 0.1) is 0 Å². The van der Waals surface area contributed by atoms with Gasteiger partial charge in [-0.3, -0.25) is 4.79 Å². The molecular weight excluding hydrogens is 304 g/mol. The predicted octanol–water partition coefficient (Wildman–Crippen LogP) is 1.77. The molecule has 0 bridgehead atoms. The van der Waals surface area contributed by atoms with Crippen molar-refractivity contribution in [1.29, 1.82) is 0 Å². The van der Waals surface area contributed by atoms with E-state index in [4.69, 9.17) is 4.74 Å². The molecule has 1 aromatic rings. The molecule has 1 saturated heterocycles. The quantitative estimate of drug-likeness (QED) is 0.398. The predicted molar refractivity (Wildman–Crippen MR) is 65.3 cm³/mol. The second-order valence-corrected chi connectivity index (χ2v) is 4.48. The smallest absolute Gasteiger partial charge is 0.345 e. The molecule has 94 valence electrons. The Hall–Kier alpha value is -1.82. The van der Waals surface area contributed by atoms with Crippen molar-refractivity contribution in [3.8, 4) is 5.75 Å². The number of ketones is 1. The molecule has 6 heteroatoms. The van der Waals surface area contributed by atoms with Gasteiger partial charge in [-0.25, -0.2) is 4.79 Å². The molecule has 1 aliphatic rings. The highest BCUT2D eigenvalue weighted by atomic mass is 79.9. The van der Waals surface area contributed by atoms with Gasteiger partial charge in [0, 0.05) is 4.47 Å². The van der Waals surface area contributed by atoms with Crippen molar-refractivity contribution in [2.45, 2.75) is 0 Å². The van der Waals surface area contributed by atoms with Gasteiger partial charge in [-0.15, -0.1) is 0 Å². The first kappa shape index (κ1) is 12.6. The number of hydrogen-bond donors (Lipinski definition) is 1. The van der Waals surface area contributed by atoms with Crippen molar-refractivity contribution >= 4 is 27.7 Å². The van der Waals surface area contributed by atoms with Gasteiger partial charge in [0.2, 0.25) is 5.78 Å². The van der Waals surface area contributed by atoms with Gasteiger partial charge in [-0.2, -0.15) is 0 Å². The number of benzene rings is 1. The molecular formula is C12H9BrO5. The molecule has 0 aromatic heterocycles. The first-order chi connectivity index (χ1) is 8.58. The molecule has 0 saturated carbocycles. The van der Waals surface area contributed by atoms with Crippen LogP contribution >= 0.6 is 15.9 Å². The van der Waals surface area contributed by atoms with Crippen molar-refractivity contribution in [2.75, 3.05) is 13.2 Å². The van der Waals surface area contributed by atoms with Crippen LogP contribution in [0.2, 0.25) is 0 Å². The lowest BCUT2D eigenvalue weighted by Gasteiger charge is -2.06. The number of cyclic esters (lactones) is 1. The number of hydrogen-bond acceptors (Lipinski definition) is 5. The summed E-state index contributed by atoms with van der Waals surface area (Å²) < 4.78 is 10.6. The van der Waals surface area contributed by atoms with Crippen LogP contribution in [0.25, 0.3) is 0 Å². The van der Waals surface area contributed by atoms with Crippen LogP contribution in [0.1, 0.15) is 0 Å². The van der Waals surface area contributed by atoms with Crippen LogP contribution in [0.3, 0.4) is 0 Å². The average molecular weight is 313 g/mol. The molecule has 1 heterocycles. The Balaban J connectivity index is 2.06. The number of ether oxygens (including phenoxy) is 2. The van der Waals surface area contributed by atoms with E-state index in [1.807, 2.05) is 0 Å². The van der Waals surface area contributed by atoms with Gasteiger partial charge in [0.25, 0.3) is 0 Å². The molecule has 1 aromatic carbocycles. The first-order valence-corrected chi connectivity index (χ1v) is 5.88. The zero-order valence-corrected chi connectivity index (χ0v) is 10.8. The topological polar surface area (TPSA) is 72.8 Å². The Kier molecular flexibility index (Phi) is 3.66. The number of rotatable bonds is 3. The van der Waals surface area contributed by atoms with Gasteiger partial charge < -0.3 is 14.6 Å². The lowest BCUT2D eigenvalue weighted by Crippen LogP contribution is -2.11. The molecule has 1 N–H and O–H groups in total. The molecule has 0 amide bonds. The Bertz CT molecular complexity index is 500. The van der Waals surface area contributed by atoms with Crippen molar-refractivity contribution in [2.24, 2.45) is 0 Å². The highest BCUT2D eigenvalue weighted by molar-refractivity contribution is 9.10. The molecule has 2 rings (SSSR count). The Morgan fingerprint density at radius 2 is 2.00 bits per heavy atom. The van der Waals surface area contributed by atoms with E-state index < -0.39 is 17.5 Å². The number of carbonyl (C=O) groups is 2. The third kappa shape index (κ3) is 2.70. The molecule has 0 aliphatic carbocycles. The minimum Gasteiger partial charge on any atom is -0.508 e. The number of Topliss-reactive ketones (excluding diaryl/α,β-unsaturated/α-hetero) is 1. The van der Waals surface area contributed by atoms with Gasteiger partial charge in [0.05, 0.1) is 0 Å². The summed E-state index contributed by atoms with van der Waals surface area (Å²) in [7, 11) is 0. The highest BCUT2D eigenvalue weighted by Gasteiger charge is 2.32. The largest absolute Gasteiger partial charge is 0.508 e. The van der Waals surface area contributed by atoms with Crippen LogP contribution in [0.15, 0.2) is 40.1 Å². The van der Waals surface area contributed by atoms with Crippen molar-refractivity contribution in [3.05, 3.63) is 40.1 Å². The third-order valence-electron chi connectivity index (χ3n) is 2.30. The minimum absolute atomic E-state index is 0.252. The lowest BCUT2D eigenvalue weighted by molar-refractivity contribution is -0.135. The maximum absolute atomic E-state index is 11.3. The number of aliphatic hydroxyl groups is 1. The van der Waals surface area contributed by atoms with Gasteiger partial charge in [-0.1, -0.05) is 15.9 Å². The molecule has 0 radical (unpaired) electrons. The molecule has 0 spiro atoms. The number of aliphatic hydroxyl groups excluding tert-OH is 1. The second kappa shape index (κ2) is 5.22. The monoisotopic (exact) mass is 312 g/mol. The maximum Gasteiger partial charge on any atom is 0.345 e. The summed E-state index contributed by atoms with van der Waals surface area (Å²) in [4.78, 5) is 22.4. The molecule has 0 atom stereocenters. The summed E-state index contributed by atoms with van der Waals surface area (Å²) in [5.41, 5.74) is -0.327. The van der Waals surface area contributed by atoms with E-state index in [1.54, 1.807) is 24.3 Å². The van der Waals surface area contributed by atoms with Crippen molar-refractivity contribution in [1.82, 2.24) is 0 Å². The summed E-state index contributed by atoms with van der Waals surface area (Å²) in [6, 6.07) is 6.93. The van der Waals surface area contributed by atoms with Crippen LogP contribution in [0.4, 0.5) is 0 Å². The minimum atomic E-state index is -0.808. The zero-order valence-electron chi connectivity index (χ0n) is 9.18. The fraction of sp³-hybridized carbons (Fsp3) is 0.167. The van der Waals surface area contributed by atoms with Gasteiger partial charge in [0.1, 0.15) is 23.7 Å². The summed E-state index contributed by atoms with van der Waals surface area (Å²) in [5, 5.41) is 9.63. The number of halogens is 1. The zero-order chi connectivity index (χ0) is 13.1. The summed E-state index contributed by atoms with van der Waals surface area (Å²) in [5.74, 6) is -1.23. The van der Waals surface area contributed by atoms with Gasteiger partial charge in [-0.05, 0) is 24.3 Å². The Morgan fingerprint density at radius 1 is 1.33 bits per heavy atom. The summed E-state index contributed by atoms with van der Waals surface area (Å²) >= 11 is 3.27. The van der Waals surface area contributed by atoms with E-state index in [9.17, 15) is 14.7 Å². The first-order valence-electron chi connectivity index (χ1n) is 5.08. The van der Waals surface area contributed by atoms with Crippen LogP contribution in [-0.4, -0.2) is 30.1 Å². The number of esters is 1. The normalized spacial score (nSPS) is 17.6. The molecule has 1 fully saturated rings. The van der Waals surface area contributed by atoms with Gasteiger partial charge >= 0.3 is 5.97 Å². The maximum atomic E-state index is 11.3. The van der Waals surface area contributed by atoms with Crippen LogP contribution in [0.5, 0.6) is 5.75 Å². The average Bonchev–Trinajstić information content (AvgIpc) is 2.68. The van der Waals surface area contributed by atoms with Crippen LogP contribution in [-0.2, 0) is 14.3 Å². The summed E-state index contributed by atoms with van der Waals surface area (Å²) in [6.45, 7) is -0.575. The van der Waals surface area contributed by atoms with E-state index in [2.05, 4.69) is 20.7 Å². The van der Waals surface area contributed by atoms with Crippen LogP contribution < -0.4 is 4.74 Å². The SMILES string of the molecule is O=C1COC(=O)C1=C(O)COc1ccc(Br)cc1. The number of carbonyl (C=O) groups excluding carboxylic acids is 2. The Morgan fingerprint density at radius 3 is 2.56 bits per heavy atom. The lowest BCUT2D eigenvalue weighted by atomic mass is 10.2. The standard InChI is InChI=1S/C12H9BrO5/c13-7-1-3-8(4-2-7)17-5-9(14)11-10(15)6-18-12(11)16/h1-4,14H,5-6H2. The fourth-order valence-corrected chi connectivity index (χ4v) is 1.69. The molecule has 1 aliphatic heterocycles. The van der Waals surface area contributed by atoms with E-state index in [0.717, 1.165) is 4.47 Å². The molecule has 0 unspecified atom stereocenters. The Labute approximate surface area is 111 Å². The third-order valence-corrected chi connectivity index (χ3v) is 2.82. The fourth-order valence-electron chi connectivity index (χ4n) is 1.42. The van der Waals surface area contributed by atoms with E-state index in [-0.39, 0.29) is 18.8 Å². The molecule has 5 nitrogen and oxygen atoms in total. The van der Waals surface area contributed by atoms with E-state index in [0.29, 0.717) is 5.75 Å². The second-order valence-electron chi connectivity index (χ2n) is 3.56.